The third kappa shape index (κ3) is 3.82. The molecule has 6 nitrogen and oxygen atoms in total. The van der Waals surface area contributed by atoms with Gasteiger partial charge in [0.1, 0.15) is 17.2 Å². The number of fused-ring (bicyclic) bond motifs is 1. The number of benzene rings is 1. The Bertz CT molecular complexity index is 936. The monoisotopic (exact) mass is 341 g/mol. The molecule has 2 heterocycles. The molecule has 1 amide bonds. The number of imidazole rings is 1. The average Bonchev–Trinajstić information content (AvgIpc) is 3.03. The van der Waals surface area contributed by atoms with Crippen LogP contribution in [0.4, 0.5) is 10.1 Å². The van der Waals surface area contributed by atoms with Crippen molar-refractivity contribution in [2.45, 2.75) is 13.3 Å². The third-order valence-corrected chi connectivity index (χ3v) is 3.44. The number of hydrogen-bond acceptors (Lipinski definition) is 4. The van der Waals surface area contributed by atoms with Crippen molar-refractivity contribution in [3.63, 3.8) is 0 Å². The number of anilines is 1. The predicted molar refractivity (Wildman–Crippen MR) is 90.1 cm³/mol. The highest BCUT2D eigenvalue weighted by atomic mass is 19.1. The van der Waals surface area contributed by atoms with Crippen molar-refractivity contribution >= 4 is 23.2 Å². The molecule has 0 saturated carbocycles. The normalized spacial score (nSPS) is 10.6. The zero-order valence-electron chi connectivity index (χ0n) is 13.5. The van der Waals surface area contributed by atoms with Gasteiger partial charge in [0, 0.05) is 18.1 Å². The lowest BCUT2D eigenvalue weighted by Crippen LogP contribution is -2.13. The fourth-order valence-electron chi connectivity index (χ4n) is 2.27. The number of carbonyl (C=O) groups is 2. The van der Waals surface area contributed by atoms with E-state index in [1.807, 2.05) is 6.92 Å². The van der Waals surface area contributed by atoms with Crippen LogP contribution in [-0.2, 0) is 4.74 Å². The molecule has 3 rings (SSSR count). The summed E-state index contributed by atoms with van der Waals surface area (Å²) < 4.78 is 19.7. The van der Waals surface area contributed by atoms with E-state index in [-0.39, 0.29) is 5.69 Å². The smallest absolute Gasteiger partial charge is 0.338 e. The van der Waals surface area contributed by atoms with Crippen molar-refractivity contribution in [3.05, 3.63) is 65.9 Å². The number of nitrogens with zero attached hydrogens (tertiary/aromatic N) is 2. The van der Waals surface area contributed by atoms with Gasteiger partial charge in [-0.1, -0.05) is 13.0 Å². The van der Waals surface area contributed by atoms with Crippen LogP contribution in [0.1, 0.15) is 34.2 Å². The molecule has 0 spiro atoms. The van der Waals surface area contributed by atoms with E-state index in [1.54, 1.807) is 18.2 Å². The van der Waals surface area contributed by atoms with Crippen LogP contribution in [0.5, 0.6) is 0 Å². The number of amides is 1. The van der Waals surface area contributed by atoms with Crippen LogP contribution in [0.3, 0.4) is 0 Å². The van der Waals surface area contributed by atoms with Gasteiger partial charge in [0.25, 0.3) is 5.91 Å². The number of carbonyl (C=O) groups excluding carboxylic acids is 2. The Labute approximate surface area is 143 Å². The summed E-state index contributed by atoms with van der Waals surface area (Å²) in [7, 11) is 0. The molecule has 0 radical (unpaired) electrons. The Morgan fingerprint density at radius 3 is 2.88 bits per heavy atom. The largest absolute Gasteiger partial charge is 0.462 e. The molecule has 1 N–H and O–H groups in total. The maximum absolute atomic E-state index is 13.2. The third-order valence-electron chi connectivity index (χ3n) is 3.44. The molecule has 25 heavy (non-hydrogen) atoms. The molecule has 0 bridgehead atoms. The van der Waals surface area contributed by atoms with Crippen molar-refractivity contribution in [1.82, 2.24) is 9.38 Å². The molecule has 1 aromatic carbocycles. The molecule has 128 valence electrons. The van der Waals surface area contributed by atoms with Crippen LogP contribution >= 0.6 is 0 Å². The van der Waals surface area contributed by atoms with Gasteiger partial charge < -0.3 is 14.5 Å². The van der Waals surface area contributed by atoms with Gasteiger partial charge >= 0.3 is 5.97 Å². The number of hydrogen-bond donors (Lipinski definition) is 1. The van der Waals surface area contributed by atoms with Crippen LogP contribution in [0.15, 0.2) is 48.8 Å². The van der Waals surface area contributed by atoms with Gasteiger partial charge in [-0.3, -0.25) is 4.79 Å². The van der Waals surface area contributed by atoms with E-state index >= 15 is 0 Å². The maximum atomic E-state index is 13.2. The van der Waals surface area contributed by atoms with Gasteiger partial charge in [-0.2, -0.15) is 0 Å². The van der Waals surface area contributed by atoms with Crippen LogP contribution in [0.25, 0.3) is 5.65 Å². The summed E-state index contributed by atoms with van der Waals surface area (Å²) >= 11 is 0. The van der Waals surface area contributed by atoms with Gasteiger partial charge in [0.05, 0.1) is 12.2 Å². The first-order valence-corrected chi connectivity index (χ1v) is 7.79. The standard InChI is InChI=1S/C18H16FN3O3/c1-2-8-25-18(24)12-4-3-5-14(9-12)20-17(23)15-11-22-10-13(19)6-7-16(22)21-15/h3-7,9-11H,2,8H2,1H3,(H,20,23). The van der Waals surface area contributed by atoms with Crippen LogP contribution in [-0.4, -0.2) is 27.9 Å². The summed E-state index contributed by atoms with van der Waals surface area (Å²) in [4.78, 5) is 28.3. The molecule has 0 aliphatic carbocycles. The SMILES string of the molecule is CCCOC(=O)c1cccc(NC(=O)c2cn3cc(F)ccc3n2)c1. The highest BCUT2D eigenvalue weighted by Crippen LogP contribution is 2.14. The van der Waals surface area contributed by atoms with Crippen LogP contribution in [0, 0.1) is 5.82 Å². The first-order chi connectivity index (χ1) is 12.1. The van der Waals surface area contributed by atoms with E-state index in [1.165, 1.54) is 35.0 Å². The molecule has 3 aromatic rings. The second-order valence-corrected chi connectivity index (χ2v) is 5.41. The summed E-state index contributed by atoms with van der Waals surface area (Å²) in [6, 6.07) is 9.21. The number of pyridine rings is 1. The Hall–Kier alpha value is -3.22. The Morgan fingerprint density at radius 1 is 1.24 bits per heavy atom. The van der Waals surface area contributed by atoms with Gasteiger partial charge in [0.2, 0.25) is 0 Å². The number of ether oxygens (including phenoxy) is 1. The topological polar surface area (TPSA) is 72.7 Å². The second kappa shape index (κ2) is 7.12. The number of aromatic nitrogens is 2. The van der Waals surface area contributed by atoms with Crippen LogP contribution in [0.2, 0.25) is 0 Å². The molecule has 2 aromatic heterocycles. The molecule has 7 heteroatoms. The zero-order chi connectivity index (χ0) is 17.8. The van der Waals surface area contributed by atoms with Gasteiger partial charge in [-0.15, -0.1) is 0 Å². The van der Waals surface area contributed by atoms with E-state index in [4.69, 9.17) is 4.74 Å². The van der Waals surface area contributed by atoms with Crippen molar-refractivity contribution < 1.29 is 18.7 Å². The predicted octanol–water partition coefficient (Wildman–Crippen LogP) is 3.29. The Balaban J connectivity index is 1.76. The summed E-state index contributed by atoms with van der Waals surface area (Å²) in [5.41, 5.74) is 1.40. The van der Waals surface area contributed by atoms with Crippen molar-refractivity contribution in [2.75, 3.05) is 11.9 Å². The highest BCUT2D eigenvalue weighted by Gasteiger charge is 2.13. The van der Waals surface area contributed by atoms with Gasteiger partial charge in [0.15, 0.2) is 0 Å². The number of esters is 1. The Morgan fingerprint density at radius 2 is 2.08 bits per heavy atom. The van der Waals surface area contributed by atoms with E-state index in [2.05, 4.69) is 10.3 Å². The molecular weight excluding hydrogens is 325 g/mol. The van der Waals surface area contributed by atoms with E-state index < -0.39 is 17.7 Å². The molecule has 0 saturated heterocycles. The number of halogens is 1. The van der Waals surface area contributed by atoms with Gasteiger partial charge in [-0.25, -0.2) is 14.2 Å². The molecule has 0 atom stereocenters. The summed E-state index contributed by atoms with van der Waals surface area (Å²) in [5.74, 6) is -1.32. The lowest BCUT2D eigenvalue weighted by molar-refractivity contribution is 0.0505. The number of nitrogens with one attached hydrogen (secondary N) is 1. The first kappa shape index (κ1) is 16.6. The van der Waals surface area contributed by atoms with E-state index in [9.17, 15) is 14.0 Å². The molecule has 0 fully saturated rings. The van der Waals surface area contributed by atoms with Crippen molar-refractivity contribution in [2.24, 2.45) is 0 Å². The fraction of sp³-hybridized carbons (Fsp3) is 0.167. The summed E-state index contributed by atoms with van der Waals surface area (Å²) in [6.07, 6.45) is 3.41. The average molecular weight is 341 g/mol. The van der Waals surface area contributed by atoms with E-state index in [0.29, 0.717) is 23.5 Å². The minimum atomic E-state index is -0.455. The minimum absolute atomic E-state index is 0.143. The lowest BCUT2D eigenvalue weighted by atomic mass is 10.2. The Kier molecular flexibility index (Phi) is 4.74. The molecular formula is C18H16FN3O3. The lowest BCUT2D eigenvalue weighted by Gasteiger charge is -2.06. The van der Waals surface area contributed by atoms with Crippen molar-refractivity contribution in [3.8, 4) is 0 Å². The maximum Gasteiger partial charge on any atom is 0.338 e. The minimum Gasteiger partial charge on any atom is -0.462 e. The molecule has 0 aliphatic rings. The zero-order valence-corrected chi connectivity index (χ0v) is 13.5. The summed E-state index contributed by atoms with van der Waals surface area (Å²) in [5, 5.41) is 2.67. The van der Waals surface area contributed by atoms with Crippen LogP contribution < -0.4 is 5.32 Å². The summed E-state index contributed by atoms with van der Waals surface area (Å²) in [6.45, 7) is 2.25. The number of rotatable bonds is 5. The van der Waals surface area contributed by atoms with E-state index in [0.717, 1.165) is 6.42 Å². The molecule has 0 unspecified atom stereocenters. The van der Waals surface area contributed by atoms with Crippen molar-refractivity contribution in [1.29, 1.82) is 0 Å². The molecule has 0 aliphatic heterocycles. The van der Waals surface area contributed by atoms with Gasteiger partial charge in [-0.05, 0) is 36.8 Å². The highest BCUT2D eigenvalue weighted by molar-refractivity contribution is 6.03. The fourth-order valence-corrected chi connectivity index (χ4v) is 2.27. The quantitative estimate of drug-likeness (QED) is 0.723. The second-order valence-electron chi connectivity index (χ2n) is 5.41. The first-order valence-electron chi connectivity index (χ1n) is 7.79.